The first-order chi connectivity index (χ1) is 17.7. The summed E-state index contributed by atoms with van der Waals surface area (Å²) in [4.78, 5) is 17.2. The van der Waals surface area contributed by atoms with Crippen LogP contribution in [0.3, 0.4) is 0 Å². The van der Waals surface area contributed by atoms with Crippen LogP contribution >= 0.6 is 23.2 Å². The highest BCUT2D eigenvalue weighted by molar-refractivity contribution is 6.42. The van der Waals surface area contributed by atoms with Crippen LogP contribution in [0.4, 0.5) is 13.2 Å². The van der Waals surface area contributed by atoms with Crippen LogP contribution in [0.2, 0.25) is 10.0 Å². The molecular formula is C22H17Cl2F3N6O4. The second kappa shape index (κ2) is 9.93. The average molecular weight is 557 g/mol. The number of nitrogens with one attached hydrogen (secondary N) is 2. The number of hydrazine groups is 2. The van der Waals surface area contributed by atoms with Crippen LogP contribution in [0.15, 0.2) is 42.9 Å². The van der Waals surface area contributed by atoms with Crippen molar-refractivity contribution in [1.82, 2.24) is 30.7 Å². The molecule has 2 aliphatic heterocycles. The van der Waals surface area contributed by atoms with E-state index in [-0.39, 0.29) is 22.1 Å². The van der Waals surface area contributed by atoms with Crippen molar-refractivity contribution in [2.75, 3.05) is 6.61 Å². The number of Topliss-reactive ketones (excluding diaryl/α,β-unsaturated/α-hetero) is 1. The molecule has 1 aromatic heterocycles. The lowest BCUT2D eigenvalue weighted by Gasteiger charge is -2.40. The van der Waals surface area contributed by atoms with E-state index < -0.39 is 54.2 Å². The number of aromatic nitrogens is 3. The first kappa shape index (κ1) is 25.4. The molecule has 0 radical (unpaired) electrons. The molecule has 0 saturated carbocycles. The number of ether oxygens (including phenoxy) is 1. The minimum atomic E-state index is -1.62. The molecule has 3 heterocycles. The summed E-state index contributed by atoms with van der Waals surface area (Å²) in [6.45, 7) is -0.703. The number of carbonyl (C=O) groups excluding carboxylic acids is 1. The van der Waals surface area contributed by atoms with E-state index in [4.69, 9.17) is 27.9 Å². The lowest BCUT2D eigenvalue weighted by Crippen LogP contribution is -2.61. The van der Waals surface area contributed by atoms with E-state index in [0.717, 1.165) is 17.1 Å². The molecule has 194 valence electrons. The van der Waals surface area contributed by atoms with Gasteiger partial charge < -0.3 is 20.4 Å². The summed E-state index contributed by atoms with van der Waals surface area (Å²) >= 11 is 12.1. The fourth-order valence-electron chi connectivity index (χ4n) is 4.09. The van der Waals surface area contributed by atoms with Gasteiger partial charge >= 0.3 is 0 Å². The molecule has 0 unspecified atom stereocenters. The number of aliphatic hydroxyl groups excluding tert-OH is 2. The van der Waals surface area contributed by atoms with Crippen LogP contribution in [0.5, 0.6) is 0 Å². The molecule has 15 heteroatoms. The molecule has 10 nitrogen and oxygen atoms in total. The summed E-state index contributed by atoms with van der Waals surface area (Å²) in [5, 5.41) is 26.9. The molecule has 5 rings (SSSR count). The Morgan fingerprint density at radius 3 is 2.51 bits per heavy atom. The average Bonchev–Trinajstić information content (AvgIpc) is 3.55. The van der Waals surface area contributed by atoms with Crippen molar-refractivity contribution < 1.29 is 32.9 Å². The minimum Gasteiger partial charge on any atom is -0.393 e. The van der Waals surface area contributed by atoms with E-state index >= 15 is 0 Å². The lowest BCUT2D eigenvalue weighted by molar-refractivity contribution is -0.181. The SMILES string of the molecule is O=C1[C@@H](CO)O[C@@H](c2ncnn2-c2ccc(Cl)c(Cl)c2)[C@H](O)[C@H]1N1C=C(c2cc(F)c(F)c(F)c2)NN1. The summed E-state index contributed by atoms with van der Waals surface area (Å²) in [6, 6.07) is 4.85. The zero-order chi connectivity index (χ0) is 26.4. The molecule has 0 bridgehead atoms. The number of hydrogen-bond donors (Lipinski definition) is 4. The van der Waals surface area contributed by atoms with Gasteiger partial charge in [0.15, 0.2) is 29.1 Å². The molecule has 0 amide bonds. The molecule has 0 aliphatic carbocycles. The van der Waals surface area contributed by atoms with Crippen LogP contribution in [-0.2, 0) is 9.53 Å². The van der Waals surface area contributed by atoms with Crippen LogP contribution in [0.1, 0.15) is 17.5 Å². The lowest BCUT2D eigenvalue weighted by atomic mass is 9.93. The van der Waals surface area contributed by atoms with Gasteiger partial charge in [0.1, 0.15) is 30.7 Å². The molecule has 1 saturated heterocycles. The Bertz CT molecular complexity index is 1380. The number of benzene rings is 2. The largest absolute Gasteiger partial charge is 0.393 e. The van der Waals surface area contributed by atoms with Crippen molar-refractivity contribution in [1.29, 1.82) is 0 Å². The normalized spacial score (nSPS) is 23.8. The molecule has 0 spiro atoms. The predicted molar refractivity (Wildman–Crippen MR) is 123 cm³/mol. The standard InChI is InChI=1S/C22H17Cl2F3N6O4/c23-11-2-1-10(5-12(11)24)33-22(28-8-29-33)21-20(36)18(19(35)16(7-34)37-21)32-6-15(30-31-32)9-3-13(25)17(27)14(26)4-9/h1-6,8,16,18,20-21,30-31,34,36H,7H2/t16-,18+,20-,21-/m1/s1. The first-order valence-corrected chi connectivity index (χ1v) is 11.5. The van der Waals surface area contributed by atoms with Gasteiger partial charge in [-0.05, 0) is 30.3 Å². The maximum atomic E-state index is 13.7. The van der Waals surface area contributed by atoms with E-state index in [1.807, 2.05) is 0 Å². The molecular weight excluding hydrogens is 540 g/mol. The van der Waals surface area contributed by atoms with Crippen molar-refractivity contribution in [3.63, 3.8) is 0 Å². The molecule has 2 aromatic carbocycles. The van der Waals surface area contributed by atoms with E-state index in [1.54, 1.807) is 12.1 Å². The van der Waals surface area contributed by atoms with E-state index in [9.17, 15) is 28.2 Å². The Balaban J connectivity index is 1.49. The third-order valence-electron chi connectivity index (χ3n) is 5.88. The number of nitrogens with zero attached hydrogens (tertiary/aromatic N) is 4. The first-order valence-electron chi connectivity index (χ1n) is 10.7. The van der Waals surface area contributed by atoms with Crippen LogP contribution < -0.4 is 11.0 Å². The highest BCUT2D eigenvalue weighted by atomic mass is 35.5. The van der Waals surface area contributed by atoms with Crippen molar-refractivity contribution in [3.05, 3.63) is 81.7 Å². The fraction of sp³-hybridized carbons (Fsp3) is 0.227. The highest BCUT2D eigenvalue weighted by Crippen LogP contribution is 2.34. The Labute approximate surface area is 216 Å². The van der Waals surface area contributed by atoms with Crippen molar-refractivity contribution in [2.24, 2.45) is 0 Å². The van der Waals surface area contributed by atoms with Crippen LogP contribution in [0.25, 0.3) is 11.4 Å². The van der Waals surface area contributed by atoms with Gasteiger partial charge in [-0.1, -0.05) is 23.2 Å². The monoisotopic (exact) mass is 556 g/mol. The molecule has 4 atom stereocenters. The Kier molecular flexibility index (Phi) is 6.83. The molecule has 4 N–H and O–H groups in total. The number of hydrogen-bond acceptors (Lipinski definition) is 9. The van der Waals surface area contributed by atoms with Gasteiger partial charge in [-0.25, -0.2) is 22.8 Å². The Morgan fingerprint density at radius 1 is 1.11 bits per heavy atom. The third-order valence-corrected chi connectivity index (χ3v) is 6.62. The molecule has 2 aliphatic rings. The molecule has 1 fully saturated rings. The maximum Gasteiger partial charge on any atom is 0.194 e. The molecule has 37 heavy (non-hydrogen) atoms. The van der Waals surface area contributed by atoms with Crippen LogP contribution in [0, 0.1) is 17.5 Å². The quantitative estimate of drug-likeness (QED) is 0.349. The van der Waals surface area contributed by atoms with E-state index in [2.05, 4.69) is 21.0 Å². The van der Waals surface area contributed by atoms with Crippen LogP contribution in [-0.4, -0.2) is 60.6 Å². The second-order valence-corrected chi connectivity index (χ2v) is 8.95. The van der Waals surface area contributed by atoms with Gasteiger partial charge in [-0.3, -0.25) is 9.80 Å². The fourth-order valence-corrected chi connectivity index (χ4v) is 4.39. The van der Waals surface area contributed by atoms with Gasteiger partial charge in [0.25, 0.3) is 0 Å². The second-order valence-electron chi connectivity index (χ2n) is 8.13. The van der Waals surface area contributed by atoms with Gasteiger partial charge in [0, 0.05) is 11.8 Å². The van der Waals surface area contributed by atoms with E-state index in [0.29, 0.717) is 10.7 Å². The Morgan fingerprint density at radius 2 is 1.84 bits per heavy atom. The molecule has 3 aromatic rings. The summed E-state index contributed by atoms with van der Waals surface area (Å²) in [6.07, 6.45) is -1.70. The maximum absolute atomic E-state index is 13.7. The number of carbonyl (C=O) groups is 1. The van der Waals surface area contributed by atoms with Crippen molar-refractivity contribution in [3.8, 4) is 5.69 Å². The predicted octanol–water partition coefficient (Wildman–Crippen LogP) is 2.05. The van der Waals surface area contributed by atoms with Crippen molar-refractivity contribution >= 4 is 34.7 Å². The van der Waals surface area contributed by atoms with Gasteiger partial charge in [-0.15, -0.1) is 5.53 Å². The van der Waals surface area contributed by atoms with E-state index in [1.165, 1.54) is 23.3 Å². The third kappa shape index (κ3) is 4.54. The highest BCUT2D eigenvalue weighted by Gasteiger charge is 2.49. The van der Waals surface area contributed by atoms with Crippen molar-refractivity contribution in [2.45, 2.75) is 24.4 Å². The summed E-state index contributed by atoms with van der Waals surface area (Å²) in [5.74, 6) is -5.02. The van der Waals surface area contributed by atoms with Gasteiger partial charge in [-0.2, -0.15) is 5.10 Å². The van der Waals surface area contributed by atoms with Gasteiger partial charge in [0.2, 0.25) is 0 Å². The smallest absolute Gasteiger partial charge is 0.194 e. The summed E-state index contributed by atoms with van der Waals surface area (Å²) in [7, 11) is 0. The topological polar surface area (TPSA) is 125 Å². The van der Waals surface area contributed by atoms with Gasteiger partial charge in [0.05, 0.1) is 28.0 Å². The minimum absolute atomic E-state index is 0.0602. The number of rotatable bonds is 5. The number of aliphatic hydroxyl groups is 2. The summed E-state index contributed by atoms with van der Waals surface area (Å²) < 4.78 is 47.8. The number of halogens is 5. The number of ketones is 1. The zero-order valence-corrected chi connectivity index (χ0v) is 20.0. The Hall–Kier alpha value is -3.20. The summed E-state index contributed by atoms with van der Waals surface area (Å²) in [5.41, 5.74) is 5.70. The zero-order valence-electron chi connectivity index (χ0n) is 18.4.